The van der Waals surface area contributed by atoms with E-state index < -0.39 is 0 Å². The van der Waals surface area contributed by atoms with Gasteiger partial charge in [0.1, 0.15) is 19.1 Å². The van der Waals surface area contributed by atoms with Gasteiger partial charge in [-0.05, 0) is 24.8 Å². The standard InChI is InChI=1S/C14H19N2/c1-2-6-13(7-3-1)10-15-11-14-8-4-5-9-16(14)12-15/h1-3,6-7,12,14H,4-5,8-11H2/q+1. The first-order chi connectivity index (χ1) is 7.92. The van der Waals surface area contributed by atoms with Gasteiger partial charge in [0.05, 0.1) is 6.54 Å². The van der Waals surface area contributed by atoms with Gasteiger partial charge in [-0.1, -0.05) is 30.3 Å². The lowest BCUT2D eigenvalue weighted by Gasteiger charge is -2.21. The average molecular weight is 215 g/mol. The van der Waals surface area contributed by atoms with Crippen LogP contribution < -0.4 is 0 Å². The average Bonchev–Trinajstić information content (AvgIpc) is 2.72. The summed E-state index contributed by atoms with van der Waals surface area (Å²) in [5.74, 6) is 0. The molecule has 2 aliphatic heterocycles. The summed E-state index contributed by atoms with van der Waals surface area (Å²) in [6.07, 6.45) is 6.50. The smallest absolute Gasteiger partial charge is 0.234 e. The second-order valence-corrected chi connectivity index (χ2v) is 4.92. The molecule has 2 heteroatoms. The Kier molecular flexibility index (Phi) is 2.65. The zero-order valence-electron chi connectivity index (χ0n) is 9.68. The van der Waals surface area contributed by atoms with E-state index in [0.29, 0.717) is 0 Å². The summed E-state index contributed by atoms with van der Waals surface area (Å²) in [6.45, 7) is 3.54. The lowest BCUT2D eigenvalue weighted by molar-refractivity contribution is -0.533. The minimum atomic E-state index is 0.789. The van der Waals surface area contributed by atoms with Crippen LogP contribution in [-0.4, -0.2) is 34.9 Å². The molecule has 0 aromatic heterocycles. The van der Waals surface area contributed by atoms with Crippen molar-refractivity contribution in [3.63, 3.8) is 0 Å². The molecule has 84 valence electrons. The van der Waals surface area contributed by atoms with Crippen molar-refractivity contribution in [3.05, 3.63) is 35.9 Å². The molecule has 0 N–H and O–H groups in total. The molecule has 1 aromatic carbocycles. The monoisotopic (exact) mass is 215 g/mol. The molecule has 2 aliphatic rings. The highest BCUT2D eigenvalue weighted by atomic mass is 15.3. The second kappa shape index (κ2) is 4.28. The minimum Gasteiger partial charge on any atom is -0.262 e. The number of nitrogens with zero attached hydrogens (tertiary/aromatic N) is 2. The van der Waals surface area contributed by atoms with Gasteiger partial charge in [0, 0.05) is 0 Å². The highest BCUT2D eigenvalue weighted by Gasteiger charge is 2.33. The Hall–Kier alpha value is -1.31. The van der Waals surface area contributed by atoms with Crippen molar-refractivity contribution in [2.24, 2.45) is 0 Å². The van der Waals surface area contributed by atoms with Gasteiger partial charge in [0.15, 0.2) is 0 Å². The van der Waals surface area contributed by atoms with Crippen LogP contribution in [0.5, 0.6) is 0 Å². The van der Waals surface area contributed by atoms with Crippen LogP contribution in [0.1, 0.15) is 24.8 Å². The van der Waals surface area contributed by atoms with E-state index in [9.17, 15) is 0 Å². The molecule has 16 heavy (non-hydrogen) atoms. The van der Waals surface area contributed by atoms with Crippen LogP contribution in [-0.2, 0) is 6.54 Å². The van der Waals surface area contributed by atoms with E-state index in [2.05, 4.69) is 46.1 Å². The fourth-order valence-corrected chi connectivity index (χ4v) is 2.82. The summed E-state index contributed by atoms with van der Waals surface area (Å²) in [6, 6.07) is 11.5. The summed E-state index contributed by atoms with van der Waals surface area (Å²) in [7, 11) is 0. The first-order valence-electron chi connectivity index (χ1n) is 6.30. The summed E-state index contributed by atoms with van der Waals surface area (Å²) in [5, 5.41) is 0. The highest BCUT2D eigenvalue weighted by Crippen LogP contribution is 2.19. The maximum Gasteiger partial charge on any atom is 0.234 e. The third-order valence-corrected chi connectivity index (χ3v) is 3.66. The van der Waals surface area contributed by atoms with E-state index in [1.165, 1.54) is 37.9 Å². The topological polar surface area (TPSA) is 6.25 Å². The highest BCUT2D eigenvalue weighted by molar-refractivity contribution is 5.51. The maximum absolute atomic E-state index is 2.53. The number of hydrogen-bond acceptors (Lipinski definition) is 1. The Balaban J connectivity index is 1.68. The van der Waals surface area contributed by atoms with Crippen molar-refractivity contribution in [3.8, 4) is 0 Å². The molecule has 1 atom stereocenters. The van der Waals surface area contributed by atoms with Gasteiger partial charge in [-0.3, -0.25) is 9.48 Å². The van der Waals surface area contributed by atoms with E-state index in [1.54, 1.807) is 0 Å². The summed E-state index contributed by atoms with van der Waals surface area (Å²) < 4.78 is 2.46. The van der Waals surface area contributed by atoms with Gasteiger partial charge >= 0.3 is 0 Å². The van der Waals surface area contributed by atoms with Gasteiger partial charge in [-0.15, -0.1) is 0 Å². The Morgan fingerprint density at radius 2 is 2.06 bits per heavy atom. The SMILES string of the molecule is C1=[N+](Cc2ccccc2)CC2CCCCN12. The molecule has 3 rings (SSSR count). The minimum absolute atomic E-state index is 0.789. The molecule has 0 radical (unpaired) electrons. The van der Waals surface area contributed by atoms with Crippen LogP contribution in [0, 0.1) is 0 Å². The van der Waals surface area contributed by atoms with Crippen molar-refractivity contribution in [1.82, 2.24) is 4.90 Å². The predicted molar refractivity (Wildman–Crippen MR) is 65.7 cm³/mol. The van der Waals surface area contributed by atoms with Gasteiger partial charge in [-0.25, -0.2) is 0 Å². The summed E-state index contributed by atoms with van der Waals surface area (Å²) >= 11 is 0. The van der Waals surface area contributed by atoms with Crippen molar-refractivity contribution in [1.29, 1.82) is 0 Å². The van der Waals surface area contributed by atoms with Crippen LogP contribution in [0.4, 0.5) is 0 Å². The van der Waals surface area contributed by atoms with E-state index in [-0.39, 0.29) is 0 Å². The molecule has 0 bridgehead atoms. The van der Waals surface area contributed by atoms with Gasteiger partial charge < -0.3 is 0 Å². The quantitative estimate of drug-likeness (QED) is 0.685. The molecule has 1 unspecified atom stereocenters. The van der Waals surface area contributed by atoms with Crippen molar-refractivity contribution in [2.75, 3.05) is 13.1 Å². The first-order valence-corrected chi connectivity index (χ1v) is 6.30. The van der Waals surface area contributed by atoms with Gasteiger partial charge in [-0.2, -0.15) is 0 Å². The third-order valence-electron chi connectivity index (χ3n) is 3.66. The second-order valence-electron chi connectivity index (χ2n) is 4.92. The predicted octanol–water partition coefficient (Wildman–Crippen LogP) is 2.10. The molecular formula is C14H19N2+. The summed E-state index contributed by atoms with van der Waals surface area (Å²) in [4.78, 5) is 2.53. The molecule has 1 saturated heterocycles. The number of benzene rings is 1. The molecule has 2 nitrogen and oxygen atoms in total. The van der Waals surface area contributed by atoms with Crippen LogP contribution >= 0.6 is 0 Å². The maximum atomic E-state index is 2.53. The molecule has 0 spiro atoms. The van der Waals surface area contributed by atoms with Gasteiger partial charge in [0.2, 0.25) is 6.34 Å². The molecular weight excluding hydrogens is 196 g/mol. The van der Waals surface area contributed by atoms with Gasteiger partial charge in [0.25, 0.3) is 0 Å². The lowest BCUT2D eigenvalue weighted by atomic mass is 10.0. The third kappa shape index (κ3) is 1.97. The summed E-state index contributed by atoms with van der Waals surface area (Å²) in [5.41, 5.74) is 1.42. The van der Waals surface area contributed by atoms with Crippen LogP contribution in [0.15, 0.2) is 30.3 Å². The normalized spacial score (nSPS) is 24.1. The Bertz CT molecular complexity index is 383. The molecule has 0 saturated carbocycles. The Labute approximate surface area is 97.2 Å². The van der Waals surface area contributed by atoms with Crippen molar-refractivity contribution in [2.45, 2.75) is 31.8 Å². The number of fused-ring (bicyclic) bond motifs is 1. The van der Waals surface area contributed by atoms with Crippen LogP contribution in [0.3, 0.4) is 0 Å². The fraction of sp³-hybridized carbons (Fsp3) is 0.500. The molecule has 0 amide bonds. The largest absolute Gasteiger partial charge is 0.262 e. The Morgan fingerprint density at radius 3 is 2.88 bits per heavy atom. The Morgan fingerprint density at radius 1 is 1.19 bits per heavy atom. The fourth-order valence-electron chi connectivity index (χ4n) is 2.82. The van der Waals surface area contributed by atoms with Crippen LogP contribution in [0.2, 0.25) is 0 Å². The lowest BCUT2D eigenvalue weighted by Crippen LogP contribution is -2.35. The van der Waals surface area contributed by atoms with Crippen LogP contribution in [0.25, 0.3) is 0 Å². The van der Waals surface area contributed by atoms with Crippen molar-refractivity contribution >= 4 is 6.34 Å². The van der Waals surface area contributed by atoms with Crippen molar-refractivity contribution < 1.29 is 4.58 Å². The number of hydrogen-bond donors (Lipinski definition) is 0. The van der Waals surface area contributed by atoms with E-state index >= 15 is 0 Å². The van der Waals surface area contributed by atoms with E-state index in [4.69, 9.17) is 0 Å². The first kappa shape index (κ1) is 9.88. The van der Waals surface area contributed by atoms with E-state index in [0.717, 1.165) is 12.6 Å². The molecule has 0 aliphatic carbocycles. The molecule has 1 fully saturated rings. The molecule has 1 aromatic rings. The van der Waals surface area contributed by atoms with E-state index in [1.807, 2.05) is 0 Å². The number of piperidine rings is 1. The zero-order valence-corrected chi connectivity index (χ0v) is 9.68. The molecule has 2 heterocycles. The zero-order chi connectivity index (χ0) is 10.8. The number of rotatable bonds is 2.